The molecule has 20 heavy (non-hydrogen) atoms. The van der Waals surface area contributed by atoms with E-state index in [0.717, 1.165) is 18.5 Å². The molecule has 1 aromatic heterocycles. The van der Waals surface area contributed by atoms with Crippen molar-refractivity contribution in [1.29, 1.82) is 0 Å². The molecule has 1 unspecified atom stereocenters. The fraction of sp³-hybridized carbons (Fsp3) is 0.333. The van der Waals surface area contributed by atoms with E-state index < -0.39 is 0 Å². The van der Waals surface area contributed by atoms with Crippen LogP contribution in [0.5, 0.6) is 0 Å². The van der Waals surface area contributed by atoms with Gasteiger partial charge < -0.3 is 10.0 Å². The van der Waals surface area contributed by atoms with Crippen molar-refractivity contribution in [3.63, 3.8) is 0 Å². The van der Waals surface area contributed by atoms with E-state index in [0.29, 0.717) is 22.6 Å². The number of hydrogen-bond donors (Lipinski definition) is 1. The average Bonchev–Trinajstić information content (AvgIpc) is 2.47. The first kappa shape index (κ1) is 13.3. The summed E-state index contributed by atoms with van der Waals surface area (Å²) in [6.07, 6.45) is 3.55. The van der Waals surface area contributed by atoms with Crippen LogP contribution < -0.4 is 4.90 Å². The number of nitrogens with zero attached hydrogens (tertiary/aromatic N) is 3. The molecule has 0 aliphatic carbocycles. The SMILES string of the molecule is CC1CCc2ccccc2N1c1ncnc(Cl)c1CO. The van der Waals surface area contributed by atoms with Crippen molar-refractivity contribution < 1.29 is 5.11 Å². The molecule has 0 fully saturated rings. The second-order valence-electron chi connectivity index (χ2n) is 5.01. The molecule has 0 radical (unpaired) electrons. The quantitative estimate of drug-likeness (QED) is 0.863. The van der Waals surface area contributed by atoms with Crippen LogP contribution in [0.15, 0.2) is 30.6 Å². The predicted molar refractivity (Wildman–Crippen MR) is 79.3 cm³/mol. The summed E-state index contributed by atoms with van der Waals surface area (Å²) in [5, 5.41) is 9.89. The van der Waals surface area contributed by atoms with Crippen LogP contribution in [0, 0.1) is 0 Å². The zero-order valence-electron chi connectivity index (χ0n) is 11.3. The van der Waals surface area contributed by atoms with Crippen LogP contribution >= 0.6 is 11.6 Å². The van der Waals surface area contributed by atoms with Crippen molar-refractivity contribution in [2.24, 2.45) is 0 Å². The van der Waals surface area contributed by atoms with Crippen molar-refractivity contribution >= 4 is 23.1 Å². The van der Waals surface area contributed by atoms with E-state index in [1.165, 1.54) is 11.9 Å². The van der Waals surface area contributed by atoms with Crippen LogP contribution in [-0.2, 0) is 13.0 Å². The predicted octanol–water partition coefficient (Wildman–Crippen LogP) is 3.10. The molecular formula is C15H16ClN3O. The first-order valence-electron chi connectivity index (χ1n) is 6.69. The highest BCUT2D eigenvalue weighted by atomic mass is 35.5. The summed E-state index contributed by atoms with van der Waals surface area (Å²) in [7, 11) is 0. The van der Waals surface area contributed by atoms with Gasteiger partial charge in [-0.25, -0.2) is 9.97 Å². The Morgan fingerprint density at radius 2 is 2.15 bits per heavy atom. The number of aryl methyl sites for hydroxylation is 1. The monoisotopic (exact) mass is 289 g/mol. The van der Waals surface area contributed by atoms with Crippen LogP contribution in [0.1, 0.15) is 24.5 Å². The standard InChI is InChI=1S/C15H16ClN3O/c1-10-6-7-11-4-2-3-5-13(11)19(10)15-12(8-20)14(16)17-9-18-15/h2-5,9-10,20H,6-8H2,1H3. The van der Waals surface area contributed by atoms with Gasteiger partial charge in [0, 0.05) is 11.7 Å². The highest BCUT2D eigenvalue weighted by molar-refractivity contribution is 6.30. The lowest BCUT2D eigenvalue weighted by Gasteiger charge is -2.37. The Morgan fingerprint density at radius 3 is 2.95 bits per heavy atom. The smallest absolute Gasteiger partial charge is 0.143 e. The summed E-state index contributed by atoms with van der Waals surface area (Å²) < 4.78 is 0. The van der Waals surface area contributed by atoms with Gasteiger partial charge in [0.05, 0.1) is 12.2 Å². The van der Waals surface area contributed by atoms with Crippen LogP contribution in [0.4, 0.5) is 11.5 Å². The molecule has 0 amide bonds. The lowest BCUT2D eigenvalue weighted by atomic mass is 9.96. The number of rotatable bonds is 2. The summed E-state index contributed by atoms with van der Waals surface area (Å²) in [6.45, 7) is 1.99. The van der Waals surface area contributed by atoms with Crippen LogP contribution in [0.25, 0.3) is 0 Å². The van der Waals surface area contributed by atoms with Gasteiger partial charge in [-0.15, -0.1) is 0 Å². The summed E-state index contributed by atoms with van der Waals surface area (Å²) in [5.74, 6) is 0.701. The average molecular weight is 290 g/mol. The summed E-state index contributed by atoms with van der Waals surface area (Å²) in [4.78, 5) is 10.5. The van der Waals surface area contributed by atoms with E-state index in [1.807, 2.05) is 12.1 Å². The first-order chi connectivity index (χ1) is 9.72. The fourth-order valence-electron chi connectivity index (χ4n) is 2.74. The second-order valence-corrected chi connectivity index (χ2v) is 5.37. The van der Waals surface area contributed by atoms with E-state index in [2.05, 4.69) is 33.9 Å². The van der Waals surface area contributed by atoms with Gasteiger partial charge in [0.15, 0.2) is 0 Å². The Kier molecular flexibility index (Phi) is 3.59. The third-order valence-electron chi connectivity index (χ3n) is 3.78. The third-order valence-corrected chi connectivity index (χ3v) is 4.11. The van der Waals surface area contributed by atoms with Gasteiger partial charge in [0.2, 0.25) is 0 Å². The zero-order valence-corrected chi connectivity index (χ0v) is 12.0. The molecule has 1 aromatic carbocycles. The van der Waals surface area contributed by atoms with Crippen molar-refractivity contribution in [1.82, 2.24) is 9.97 Å². The highest BCUT2D eigenvalue weighted by Crippen LogP contribution is 2.38. The third kappa shape index (κ3) is 2.15. The minimum atomic E-state index is -0.166. The number of hydrogen-bond acceptors (Lipinski definition) is 4. The van der Waals surface area contributed by atoms with Crippen molar-refractivity contribution in [2.45, 2.75) is 32.4 Å². The van der Waals surface area contributed by atoms with Gasteiger partial charge in [0.25, 0.3) is 0 Å². The van der Waals surface area contributed by atoms with Gasteiger partial charge in [-0.05, 0) is 31.4 Å². The lowest BCUT2D eigenvalue weighted by Crippen LogP contribution is -2.34. The molecule has 0 spiro atoms. The molecule has 1 N–H and O–H groups in total. The molecule has 1 atom stereocenters. The summed E-state index contributed by atoms with van der Waals surface area (Å²) in [6, 6.07) is 8.59. The molecular weight excluding hydrogens is 274 g/mol. The van der Waals surface area contributed by atoms with Crippen molar-refractivity contribution in [2.75, 3.05) is 4.90 Å². The minimum Gasteiger partial charge on any atom is -0.391 e. The van der Waals surface area contributed by atoms with Crippen LogP contribution in [-0.4, -0.2) is 21.1 Å². The molecule has 1 aliphatic rings. The maximum atomic E-state index is 9.57. The molecule has 2 heterocycles. The Hall–Kier alpha value is -1.65. The van der Waals surface area contributed by atoms with Crippen LogP contribution in [0.3, 0.4) is 0 Å². The normalized spacial score (nSPS) is 17.9. The topological polar surface area (TPSA) is 49.2 Å². The molecule has 1 aliphatic heterocycles. The van der Waals surface area contributed by atoms with Crippen molar-refractivity contribution in [3.05, 3.63) is 46.9 Å². The molecule has 104 valence electrons. The number of fused-ring (bicyclic) bond motifs is 1. The van der Waals surface area contributed by atoms with Crippen molar-refractivity contribution in [3.8, 4) is 0 Å². The largest absolute Gasteiger partial charge is 0.391 e. The van der Waals surface area contributed by atoms with E-state index in [1.54, 1.807) is 0 Å². The molecule has 0 saturated carbocycles. The van der Waals surface area contributed by atoms with Gasteiger partial charge in [-0.1, -0.05) is 29.8 Å². The number of para-hydroxylation sites is 1. The molecule has 0 bridgehead atoms. The Labute approximate surface area is 123 Å². The van der Waals surface area contributed by atoms with E-state index in [9.17, 15) is 5.11 Å². The molecule has 0 saturated heterocycles. The summed E-state index contributed by atoms with van der Waals surface area (Å²) in [5.41, 5.74) is 3.01. The van der Waals surface area contributed by atoms with E-state index in [4.69, 9.17) is 11.6 Å². The molecule has 2 aromatic rings. The first-order valence-corrected chi connectivity index (χ1v) is 7.07. The number of aromatic nitrogens is 2. The minimum absolute atomic E-state index is 0.166. The number of halogens is 1. The molecule has 3 rings (SSSR count). The lowest BCUT2D eigenvalue weighted by molar-refractivity contribution is 0.281. The number of benzene rings is 1. The van der Waals surface area contributed by atoms with E-state index in [-0.39, 0.29) is 6.61 Å². The molecule has 5 heteroatoms. The summed E-state index contributed by atoms with van der Waals surface area (Å²) >= 11 is 6.09. The highest BCUT2D eigenvalue weighted by Gasteiger charge is 2.27. The molecule has 4 nitrogen and oxygen atoms in total. The second kappa shape index (κ2) is 5.38. The van der Waals surface area contributed by atoms with Crippen LogP contribution in [0.2, 0.25) is 5.15 Å². The van der Waals surface area contributed by atoms with E-state index >= 15 is 0 Å². The Morgan fingerprint density at radius 1 is 1.35 bits per heavy atom. The zero-order chi connectivity index (χ0) is 14.1. The number of aliphatic hydroxyl groups excluding tert-OH is 1. The maximum Gasteiger partial charge on any atom is 0.143 e. The number of anilines is 2. The Balaban J connectivity index is 2.17. The van der Waals surface area contributed by atoms with Gasteiger partial charge in [0.1, 0.15) is 17.3 Å². The maximum absolute atomic E-state index is 9.57. The van der Waals surface area contributed by atoms with Gasteiger partial charge >= 0.3 is 0 Å². The Bertz CT molecular complexity index is 632. The fourth-order valence-corrected chi connectivity index (χ4v) is 2.92. The van der Waals surface area contributed by atoms with Gasteiger partial charge in [-0.3, -0.25) is 0 Å². The number of aliphatic hydroxyl groups is 1. The van der Waals surface area contributed by atoms with Gasteiger partial charge in [-0.2, -0.15) is 0 Å².